The summed E-state index contributed by atoms with van der Waals surface area (Å²) in [6.45, 7) is 8.13. The molecule has 0 radical (unpaired) electrons. The van der Waals surface area contributed by atoms with Crippen molar-refractivity contribution in [3.8, 4) is 0 Å². The highest BCUT2D eigenvalue weighted by atomic mass is 16.4. The van der Waals surface area contributed by atoms with E-state index < -0.39 is 17.7 Å². The molecule has 0 aromatic heterocycles. The van der Waals surface area contributed by atoms with Crippen LogP contribution in [0.25, 0.3) is 0 Å². The van der Waals surface area contributed by atoms with Gasteiger partial charge in [0.2, 0.25) is 0 Å². The summed E-state index contributed by atoms with van der Waals surface area (Å²) in [5.41, 5.74) is -0.638. The molecule has 2 N–H and O–H groups in total. The third-order valence-corrected chi connectivity index (χ3v) is 3.47. The molecule has 0 unspecified atom stereocenters. The van der Waals surface area contributed by atoms with Crippen LogP contribution in [0.2, 0.25) is 0 Å². The minimum absolute atomic E-state index is 0.164. The summed E-state index contributed by atoms with van der Waals surface area (Å²) >= 11 is 0. The van der Waals surface area contributed by atoms with Gasteiger partial charge in [0.15, 0.2) is 0 Å². The minimum Gasteiger partial charge on any atom is -0.465 e. The Morgan fingerprint density at radius 2 is 2.00 bits per heavy atom. The van der Waals surface area contributed by atoms with Crippen molar-refractivity contribution < 1.29 is 15.0 Å². The fourth-order valence-corrected chi connectivity index (χ4v) is 2.05. The van der Waals surface area contributed by atoms with Crippen LogP contribution in [0.5, 0.6) is 0 Å². The number of likely N-dealkylation sites (tertiary alicyclic amines) is 1. The van der Waals surface area contributed by atoms with Gasteiger partial charge in [-0.3, -0.25) is 4.90 Å². The lowest BCUT2D eigenvalue weighted by Gasteiger charge is -2.44. The van der Waals surface area contributed by atoms with Crippen molar-refractivity contribution in [2.75, 3.05) is 6.54 Å². The molecular weight excluding hydrogens is 182 g/mol. The first-order chi connectivity index (χ1) is 6.18. The molecule has 1 fully saturated rings. The lowest BCUT2D eigenvalue weighted by Crippen LogP contribution is -2.52. The summed E-state index contributed by atoms with van der Waals surface area (Å²) in [4.78, 5) is 12.4. The third kappa shape index (κ3) is 1.59. The number of β-amino-alcohol motifs (C(OH)–C–C–N with tert-alkyl or cyclic N) is 1. The van der Waals surface area contributed by atoms with E-state index in [0.717, 1.165) is 0 Å². The molecule has 1 aliphatic heterocycles. The van der Waals surface area contributed by atoms with E-state index in [1.165, 1.54) is 4.90 Å². The van der Waals surface area contributed by atoms with Crippen LogP contribution in [0.4, 0.5) is 4.79 Å². The predicted molar refractivity (Wildman–Crippen MR) is 53.2 cm³/mol. The van der Waals surface area contributed by atoms with Crippen LogP contribution in [-0.2, 0) is 0 Å². The molecular formula is C10H19NO3. The summed E-state index contributed by atoms with van der Waals surface area (Å²) in [7, 11) is 0. The van der Waals surface area contributed by atoms with Crippen LogP contribution in [0.1, 0.15) is 34.1 Å². The average molecular weight is 201 g/mol. The van der Waals surface area contributed by atoms with Gasteiger partial charge in [-0.1, -0.05) is 20.8 Å². The van der Waals surface area contributed by atoms with Crippen LogP contribution in [-0.4, -0.2) is 39.4 Å². The minimum atomic E-state index is -0.945. The number of rotatable bonds is 0. The van der Waals surface area contributed by atoms with E-state index in [9.17, 15) is 9.90 Å². The second-order valence-electron chi connectivity index (χ2n) is 5.27. The van der Waals surface area contributed by atoms with E-state index in [1.807, 2.05) is 27.7 Å². The van der Waals surface area contributed by atoms with Gasteiger partial charge < -0.3 is 10.2 Å². The van der Waals surface area contributed by atoms with Crippen molar-refractivity contribution in [2.45, 2.75) is 45.8 Å². The Labute approximate surface area is 84.5 Å². The van der Waals surface area contributed by atoms with Crippen molar-refractivity contribution in [3.63, 3.8) is 0 Å². The SMILES string of the molecule is CC(C)(C)[C@]1(C)C[C@H](O)CN1C(=O)O. The molecule has 14 heavy (non-hydrogen) atoms. The molecule has 1 aliphatic rings. The first-order valence-corrected chi connectivity index (χ1v) is 4.87. The average Bonchev–Trinajstić information content (AvgIpc) is 2.25. The number of nitrogens with zero attached hydrogens (tertiary/aromatic N) is 1. The Hall–Kier alpha value is -0.770. The summed E-state index contributed by atoms with van der Waals surface area (Å²) in [5.74, 6) is 0. The van der Waals surface area contributed by atoms with E-state index in [4.69, 9.17) is 5.11 Å². The monoisotopic (exact) mass is 201 g/mol. The number of aliphatic hydroxyl groups excluding tert-OH is 1. The fraction of sp³-hybridized carbons (Fsp3) is 0.900. The smallest absolute Gasteiger partial charge is 0.407 e. The number of carbonyl (C=O) groups is 1. The van der Waals surface area contributed by atoms with E-state index in [1.54, 1.807) is 0 Å². The molecule has 0 saturated carbocycles. The largest absolute Gasteiger partial charge is 0.465 e. The molecule has 0 bridgehead atoms. The number of aliphatic hydroxyl groups is 1. The maximum atomic E-state index is 11.0. The zero-order valence-electron chi connectivity index (χ0n) is 9.24. The predicted octanol–water partition coefficient (Wildman–Crippen LogP) is 1.54. The van der Waals surface area contributed by atoms with Crippen molar-refractivity contribution in [2.24, 2.45) is 5.41 Å². The molecule has 1 heterocycles. The lowest BCUT2D eigenvalue weighted by molar-refractivity contribution is 0.0441. The second-order valence-corrected chi connectivity index (χ2v) is 5.27. The summed E-state index contributed by atoms with van der Waals surface area (Å²) in [6.07, 6.45) is -0.961. The molecule has 1 rings (SSSR count). The molecule has 1 saturated heterocycles. The number of carboxylic acid groups (broad SMARTS) is 1. The molecule has 1 amide bonds. The third-order valence-electron chi connectivity index (χ3n) is 3.47. The number of hydrogen-bond acceptors (Lipinski definition) is 2. The Morgan fingerprint density at radius 1 is 1.50 bits per heavy atom. The van der Waals surface area contributed by atoms with Gasteiger partial charge in [-0.15, -0.1) is 0 Å². The Balaban J connectivity index is 3.01. The van der Waals surface area contributed by atoms with Gasteiger partial charge in [0.1, 0.15) is 0 Å². The fourth-order valence-electron chi connectivity index (χ4n) is 2.05. The van der Waals surface area contributed by atoms with Gasteiger partial charge >= 0.3 is 6.09 Å². The Morgan fingerprint density at radius 3 is 2.29 bits per heavy atom. The molecule has 0 aliphatic carbocycles. The second kappa shape index (κ2) is 3.12. The van der Waals surface area contributed by atoms with Crippen LogP contribution >= 0.6 is 0 Å². The quantitative estimate of drug-likeness (QED) is 0.625. The first-order valence-electron chi connectivity index (χ1n) is 4.87. The molecule has 4 nitrogen and oxygen atoms in total. The maximum absolute atomic E-state index is 11.0. The zero-order valence-corrected chi connectivity index (χ0v) is 9.24. The van der Waals surface area contributed by atoms with E-state index in [2.05, 4.69) is 0 Å². The molecule has 2 atom stereocenters. The van der Waals surface area contributed by atoms with Gasteiger partial charge in [-0.25, -0.2) is 4.79 Å². The number of amides is 1. The summed E-state index contributed by atoms with van der Waals surface area (Å²) < 4.78 is 0. The maximum Gasteiger partial charge on any atom is 0.407 e. The highest BCUT2D eigenvalue weighted by molar-refractivity contribution is 5.67. The van der Waals surface area contributed by atoms with Crippen LogP contribution < -0.4 is 0 Å². The van der Waals surface area contributed by atoms with Crippen LogP contribution in [0, 0.1) is 5.41 Å². The van der Waals surface area contributed by atoms with Crippen LogP contribution in [0.3, 0.4) is 0 Å². The van der Waals surface area contributed by atoms with Gasteiger partial charge in [-0.2, -0.15) is 0 Å². The van der Waals surface area contributed by atoms with Gasteiger partial charge in [0.25, 0.3) is 0 Å². The topological polar surface area (TPSA) is 60.8 Å². The van der Waals surface area contributed by atoms with Gasteiger partial charge in [0.05, 0.1) is 18.2 Å². The van der Waals surface area contributed by atoms with Crippen molar-refractivity contribution in [1.29, 1.82) is 0 Å². The summed E-state index contributed by atoms with van der Waals surface area (Å²) in [5, 5.41) is 18.6. The molecule has 4 heteroatoms. The Bertz CT molecular complexity index is 246. The van der Waals surface area contributed by atoms with E-state index in [0.29, 0.717) is 6.42 Å². The lowest BCUT2D eigenvalue weighted by atomic mass is 9.73. The van der Waals surface area contributed by atoms with Crippen molar-refractivity contribution in [3.05, 3.63) is 0 Å². The normalized spacial score (nSPS) is 33.5. The standard InChI is InChI=1S/C10H19NO3/c1-9(2,3)10(4)5-7(12)6-11(10)8(13)14/h7,12H,5-6H2,1-4H3,(H,13,14)/t7-,10-/m0/s1. The van der Waals surface area contributed by atoms with Gasteiger partial charge in [-0.05, 0) is 18.8 Å². The number of hydrogen-bond donors (Lipinski definition) is 2. The summed E-state index contributed by atoms with van der Waals surface area (Å²) in [6, 6.07) is 0. The molecule has 82 valence electrons. The van der Waals surface area contributed by atoms with Crippen molar-refractivity contribution >= 4 is 6.09 Å². The highest BCUT2D eigenvalue weighted by Gasteiger charge is 2.51. The molecule has 0 aromatic rings. The molecule has 0 spiro atoms. The van der Waals surface area contributed by atoms with Gasteiger partial charge in [0, 0.05) is 0 Å². The van der Waals surface area contributed by atoms with Crippen molar-refractivity contribution in [1.82, 2.24) is 4.90 Å². The first kappa shape index (κ1) is 11.3. The Kier molecular flexibility index (Phi) is 2.52. The van der Waals surface area contributed by atoms with E-state index >= 15 is 0 Å². The van der Waals surface area contributed by atoms with E-state index in [-0.39, 0.29) is 12.0 Å². The zero-order chi connectivity index (χ0) is 11.1. The van der Waals surface area contributed by atoms with Crippen LogP contribution in [0.15, 0.2) is 0 Å². The highest BCUT2D eigenvalue weighted by Crippen LogP contribution is 2.43. The molecule has 0 aromatic carbocycles.